The molecule has 8 heteroatoms. The summed E-state index contributed by atoms with van der Waals surface area (Å²) in [5.41, 5.74) is 1.78. The van der Waals surface area contributed by atoms with Gasteiger partial charge >= 0.3 is 6.09 Å². The first-order valence-electron chi connectivity index (χ1n) is 9.22. The van der Waals surface area contributed by atoms with Crippen LogP contribution in [0.1, 0.15) is 19.3 Å². The van der Waals surface area contributed by atoms with Crippen LogP contribution in [0.5, 0.6) is 0 Å². The van der Waals surface area contributed by atoms with Crippen molar-refractivity contribution in [3.8, 4) is 0 Å². The number of hydrogen-bond acceptors (Lipinski definition) is 5. The number of carbonyl (C=O) groups excluding carboxylic acids is 1. The molecule has 0 spiro atoms. The maximum Gasteiger partial charge on any atom is 0.407 e. The number of aromatic nitrogens is 2. The van der Waals surface area contributed by atoms with Gasteiger partial charge in [-0.3, -0.25) is 14.7 Å². The second kappa shape index (κ2) is 8.66. The molecule has 2 N–H and O–H groups in total. The molecule has 0 atom stereocenters. The first kappa shape index (κ1) is 18.9. The molecule has 1 fully saturated rings. The van der Waals surface area contributed by atoms with Gasteiger partial charge in [-0.1, -0.05) is 12.1 Å². The average Bonchev–Trinajstić information content (AvgIpc) is 2.70. The van der Waals surface area contributed by atoms with Gasteiger partial charge in [-0.15, -0.1) is 0 Å². The van der Waals surface area contributed by atoms with E-state index >= 15 is 0 Å². The van der Waals surface area contributed by atoms with Gasteiger partial charge in [0.25, 0.3) is 0 Å². The Labute approximate surface area is 158 Å². The van der Waals surface area contributed by atoms with Crippen LogP contribution < -0.4 is 10.2 Å². The highest BCUT2D eigenvalue weighted by molar-refractivity contribution is 5.81. The largest absolute Gasteiger partial charge is 0.465 e. The van der Waals surface area contributed by atoms with Crippen LogP contribution >= 0.6 is 0 Å². The first-order chi connectivity index (χ1) is 13.1. The van der Waals surface area contributed by atoms with Crippen molar-refractivity contribution in [3.63, 3.8) is 0 Å². The normalized spacial score (nSPS) is 14.9. The molecule has 0 bridgehead atoms. The highest BCUT2D eigenvalue weighted by Gasteiger charge is 2.23. The summed E-state index contributed by atoms with van der Waals surface area (Å²) in [6.45, 7) is 2.01. The molecule has 1 aromatic carbocycles. The molecule has 0 unspecified atom stereocenters. The van der Waals surface area contributed by atoms with Crippen molar-refractivity contribution in [2.75, 3.05) is 38.1 Å². The average molecular weight is 371 g/mol. The predicted octanol–water partition coefficient (Wildman–Crippen LogP) is 1.96. The number of likely N-dealkylation sites (N-methyl/N-ethyl adjacent to an activating group) is 1. The number of para-hydroxylation sites is 2. The summed E-state index contributed by atoms with van der Waals surface area (Å²) in [6, 6.07) is 7.82. The predicted molar refractivity (Wildman–Crippen MR) is 103 cm³/mol. The Morgan fingerprint density at radius 1 is 1.26 bits per heavy atom. The molecule has 2 amide bonds. The number of fused-ring (bicyclic) bond motifs is 1. The molecule has 2 heterocycles. The summed E-state index contributed by atoms with van der Waals surface area (Å²) < 4.78 is 0. The molecular weight excluding hydrogens is 346 g/mol. The second-order valence-electron chi connectivity index (χ2n) is 6.81. The fraction of sp³-hybridized carbons (Fsp3) is 0.474. The van der Waals surface area contributed by atoms with Gasteiger partial charge in [-0.2, -0.15) is 0 Å². The minimum absolute atomic E-state index is 0.114. The third-order valence-corrected chi connectivity index (χ3v) is 5.07. The fourth-order valence-electron chi connectivity index (χ4n) is 3.38. The number of nitrogens with one attached hydrogen (secondary N) is 1. The zero-order valence-electron chi connectivity index (χ0n) is 15.5. The van der Waals surface area contributed by atoms with E-state index in [0.717, 1.165) is 49.2 Å². The van der Waals surface area contributed by atoms with E-state index in [1.165, 1.54) is 11.9 Å². The van der Waals surface area contributed by atoms with Gasteiger partial charge < -0.3 is 15.3 Å². The zero-order valence-corrected chi connectivity index (χ0v) is 15.5. The Hall–Kier alpha value is -2.90. The molecule has 8 nitrogen and oxygen atoms in total. The highest BCUT2D eigenvalue weighted by Crippen LogP contribution is 2.25. The van der Waals surface area contributed by atoms with Crippen LogP contribution in [0.2, 0.25) is 0 Å². The van der Waals surface area contributed by atoms with E-state index in [1.54, 1.807) is 0 Å². The monoisotopic (exact) mass is 371 g/mol. The number of amides is 2. The van der Waals surface area contributed by atoms with Crippen molar-refractivity contribution in [1.29, 1.82) is 0 Å². The summed E-state index contributed by atoms with van der Waals surface area (Å²) in [7, 11) is 1.51. The minimum atomic E-state index is -1.05. The van der Waals surface area contributed by atoms with E-state index < -0.39 is 6.09 Å². The van der Waals surface area contributed by atoms with Gasteiger partial charge in [0, 0.05) is 26.7 Å². The van der Waals surface area contributed by atoms with Gasteiger partial charge in [-0.05, 0) is 37.3 Å². The number of piperidine rings is 1. The number of hydrogen-bond donors (Lipinski definition) is 2. The van der Waals surface area contributed by atoms with Gasteiger partial charge in [0.15, 0.2) is 0 Å². The standard InChI is InChI=1S/C19H25N5O3/c1-20-18(25)13-24(19(26)27)11-8-14-6-9-23(10-7-14)17-12-21-15-4-2-3-5-16(15)22-17/h2-5,12,14H,6-11,13H2,1H3,(H,20,25)(H,26,27). The van der Waals surface area contributed by atoms with E-state index in [2.05, 4.69) is 15.2 Å². The lowest BCUT2D eigenvalue weighted by molar-refractivity contribution is -0.121. The van der Waals surface area contributed by atoms with Crippen molar-refractivity contribution in [2.45, 2.75) is 19.3 Å². The molecule has 3 rings (SSSR count). The number of carbonyl (C=O) groups is 2. The SMILES string of the molecule is CNC(=O)CN(CCC1CCN(c2cnc3ccccc3n2)CC1)C(=O)O. The zero-order chi connectivity index (χ0) is 19.2. The van der Waals surface area contributed by atoms with Crippen LogP contribution in [-0.4, -0.2) is 65.2 Å². The number of benzene rings is 1. The third-order valence-electron chi connectivity index (χ3n) is 5.07. The van der Waals surface area contributed by atoms with E-state index in [0.29, 0.717) is 12.5 Å². The molecule has 1 aliphatic heterocycles. The smallest absolute Gasteiger partial charge is 0.407 e. The van der Waals surface area contributed by atoms with Crippen molar-refractivity contribution < 1.29 is 14.7 Å². The second-order valence-corrected chi connectivity index (χ2v) is 6.81. The molecule has 1 saturated heterocycles. The van der Waals surface area contributed by atoms with Crippen LogP contribution in [0.25, 0.3) is 11.0 Å². The van der Waals surface area contributed by atoms with Gasteiger partial charge in [-0.25, -0.2) is 9.78 Å². The minimum Gasteiger partial charge on any atom is -0.465 e. The molecule has 1 aromatic heterocycles. The van der Waals surface area contributed by atoms with E-state index in [9.17, 15) is 14.7 Å². The molecular formula is C19H25N5O3. The van der Waals surface area contributed by atoms with Gasteiger partial charge in [0.2, 0.25) is 5.91 Å². The lowest BCUT2D eigenvalue weighted by Gasteiger charge is -2.33. The topological polar surface area (TPSA) is 98.7 Å². The summed E-state index contributed by atoms with van der Waals surface area (Å²) in [5, 5.41) is 11.7. The molecule has 0 radical (unpaired) electrons. The van der Waals surface area contributed by atoms with Crippen molar-refractivity contribution >= 4 is 28.9 Å². The Kier molecular flexibility index (Phi) is 6.05. The van der Waals surface area contributed by atoms with Crippen LogP contribution in [0.15, 0.2) is 30.5 Å². The third kappa shape index (κ3) is 4.84. The highest BCUT2D eigenvalue weighted by atomic mass is 16.4. The molecule has 0 saturated carbocycles. The van der Waals surface area contributed by atoms with Gasteiger partial charge in [0.1, 0.15) is 12.4 Å². The fourth-order valence-corrected chi connectivity index (χ4v) is 3.38. The number of rotatable bonds is 6. The van der Waals surface area contributed by atoms with Crippen molar-refractivity contribution in [1.82, 2.24) is 20.2 Å². The lowest BCUT2D eigenvalue weighted by Crippen LogP contribution is -2.41. The summed E-state index contributed by atoms with van der Waals surface area (Å²) in [6.07, 6.45) is 3.48. The molecule has 0 aliphatic carbocycles. The van der Waals surface area contributed by atoms with Crippen LogP contribution in [-0.2, 0) is 4.79 Å². The maximum absolute atomic E-state index is 11.4. The molecule has 27 heavy (non-hydrogen) atoms. The Morgan fingerprint density at radius 2 is 1.96 bits per heavy atom. The molecule has 2 aromatic rings. The van der Waals surface area contributed by atoms with Crippen molar-refractivity contribution in [3.05, 3.63) is 30.5 Å². The van der Waals surface area contributed by atoms with E-state index in [-0.39, 0.29) is 12.5 Å². The Bertz CT molecular complexity index is 805. The molecule has 144 valence electrons. The maximum atomic E-state index is 11.4. The molecule has 1 aliphatic rings. The van der Waals surface area contributed by atoms with Crippen LogP contribution in [0.4, 0.5) is 10.6 Å². The summed E-state index contributed by atoms with van der Waals surface area (Å²) in [5.74, 6) is 1.04. The number of nitrogens with zero attached hydrogens (tertiary/aromatic N) is 4. The quantitative estimate of drug-likeness (QED) is 0.805. The first-order valence-corrected chi connectivity index (χ1v) is 9.22. The van der Waals surface area contributed by atoms with Crippen LogP contribution in [0.3, 0.4) is 0 Å². The lowest BCUT2D eigenvalue weighted by atomic mass is 9.93. The Balaban J connectivity index is 1.52. The van der Waals surface area contributed by atoms with Gasteiger partial charge in [0.05, 0.1) is 17.2 Å². The van der Waals surface area contributed by atoms with Crippen molar-refractivity contribution in [2.24, 2.45) is 5.92 Å². The summed E-state index contributed by atoms with van der Waals surface area (Å²) >= 11 is 0. The van der Waals surface area contributed by atoms with E-state index in [1.807, 2.05) is 30.5 Å². The van der Waals surface area contributed by atoms with E-state index in [4.69, 9.17) is 4.98 Å². The van der Waals surface area contributed by atoms with Crippen LogP contribution in [0, 0.1) is 5.92 Å². The Morgan fingerprint density at radius 3 is 2.63 bits per heavy atom. The number of anilines is 1. The number of carboxylic acid groups (broad SMARTS) is 1. The summed E-state index contributed by atoms with van der Waals surface area (Å²) in [4.78, 5) is 35.3.